The monoisotopic (exact) mass is 399 g/mol. The molecule has 1 saturated heterocycles. The minimum absolute atomic E-state index is 0.126. The zero-order valence-corrected chi connectivity index (χ0v) is 16.9. The first-order valence-electron chi connectivity index (χ1n) is 10.6. The van der Waals surface area contributed by atoms with E-state index < -0.39 is 5.54 Å². The number of benzene rings is 2. The predicted octanol–water partition coefficient (Wildman–Crippen LogP) is 3.05. The SMILES string of the molecule is C#CCN(CN1C(=O)NC2(CCc3ccccc3C2)C1=O)C1CCc2ccccc21. The highest BCUT2D eigenvalue weighted by atomic mass is 16.2. The third-order valence-corrected chi connectivity index (χ3v) is 6.84. The molecule has 1 aliphatic heterocycles. The second-order valence-corrected chi connectivity index (χ2v) is 8.54. The number of carbonyl (C=O) groups excluding carboxylic acids is 2. The van der Waals surface area contributed by atoms with E-state index in [-0.39, 0.29) is 24.6 Å². The van der Waals surface area contributed by atoms with Gasteiger partial charge in [-0.2, -0.15) is 0 Å². The molecule has 0 radical (unpaired) electrons. The Morgan fingerprint density at radius 2 is 1.80 bits per heavy atom. The van der Waals surface area contributed by atoms with Gasteiger partial charge in [-0.15, -0.1) is 6.42 Å². The quantitative estimate of drug-likeness (QED) is 0.635. The Morgan fingerprint density at radius 3 is 2.60 bits per heavy atom. The van der Waals surface area contributed by atoms with Crippen LogP contribution >= 0.6 is 0 Å². The molecule has 2 aliphatic carbocycles. The van der Waals surface area contributed by atoms with Gasteiger partial charge in [0, 0.05) is 12.5 Å². The van der Waals surface area contributed by atoms with Gasteiger partial charge in [-0.05, 0) is 47.9 Å². The molecule has 1 heterocycles. The van der Waals surface area contributed by atoms with Crippen molar-refractivity contribution in [2.24, 2.45) is 0 Å². The molecule has 1 spiro atoms. The van der Waals surface area contributed by atoms with Crippen molar-refractivity contribution in [1.29, 1.82) is 0 Å². The van der Waals surface area contributed by atoms with Crippen LogP contribution in [0.3, 0.4) is 0 Å². The molecule has 3 amide bonds. The number of hydrogen-bond donors (Lipinski definition) is 1. The van der Waals surface area contributed by atoms with E-state index in [9.17, 15) is 9.59 Å². The summed E-state index contributed by atoms with van der Waals surface area (Å²) in [6.07, 6.45) is 9.56. The van der Waals surface area contributed by atoms with Crippen molar-refractivity contribution in [2.75, 3.05) is 13.2 Å². The molecule has 1 N–H and O–H groups in total. The van der Waals surface area contributed by atoms with Crippen LogP contribution in [-0.2, 0) is 24.1 Å². The number of nitrogens with one attached hydrogen (secondary N) is 1. The van der Waals surface area contributed by atoms with E-state index in [1.165, 1.54) is 21.6 Å². The fourth-order valence-electron chi connectivity index (χ4n) is 5.30. The summed E-state index contributed by atoms with van der Waals surface area (Å²) in [5.74, 6) is 2.59. The normalized spacial score (nSPS) is 24.7. The molecule has 0 bridgehead atoms. The molecule has 2 atom stereocenters. The minimum Gasteiger partial charge on any atom is -0.323 e. The second-order valence-electron chi connectivity index (χ2n) is 8.54. The molecular formula is C25H25N3O2. The number of nitrogens with zero attached hydrogens (tertiary/aromatic N) is 2. The van der Waals surface area contributed by atoms with Crippen LogP contribution in [0.4, 0.5) is 4.79 Å². The molecule has 0 saturated carbocycles. The first-order valence-corrected chi connectivity index (χ1v) is 10.6. The van der Waals surface area contributed by atoms with Crippen molar-refractivity contribution in [3.05, 3.63) is 70.8 Å². The molecule has 3 aliphatic rings. The van der Waals surface area contributed by atoms with Crippen LogP contribution in [0.2, 0.25) is 0 Å². The average molecular weight is 399 g/mol. The van der Waals surface area contributed by atoms with Crippen molar-refractivity contribution in [1.82, 2.24) is 15.1 Å². The zero-order valence-electron chi connectivity index (χ0n) is 16.9. The molecule has 0 aromatic heterocycles. The first-order chi connectivity index (χ1) is 14.6. The lowest BCUT2D eigenvalue weighted by molar-refractivity contribution is -0.133. The van der Waals surface area contributed by atoms with Crippen molar-refractivity contribution in [3.8, 4) is 12.3 Å². The van der Waals surface area contributed by atoms with Gasteiger partial charge in [-0.1, -0.05) is 54.5 Å². The van der Waals surface area contributed by atoms with Crippen molar-refractivity contribution in [3.63, 3.8) is 0 Å². The van der Waals surface area contributed by atoms with Crippen LogP contribution in [0.15, 0.2) is 48.5 Å². The van der Waals surface area contributed by atoms with Gasteiger partial charge in [-0.3, -0.25) is 9.69 Å². The third-order valence-electron chi connectivity index (χ3n) is 6.84. The van der Waals surface area contributed by atoms with Gasteiger partial charge >= 0.3 is 6.03 Å². The van der Waals surface area contributed by atoms with Gasteiger partial charge in [-0.25, -0.2) is 9.69 Å². The minimum atomic E-state index is -0.833. The molecule has 5 heteroatoms. The predicted molar refractivity (Wildman–Crippen MR) is 114 cm³/mol. The summed E-state index contributed by atoms with van der Waals surface area (Å²) in [6.45, 7) is 0.614. The highest BCUT2D eigenvalue weighted by Crippen LogP contribution is 2.37. The summed E-state index contributed by atoms with van der Waals surface area (Å²) >= 11 is 0. The fraction of sp³-hybridized carbons (Fsp3) is 0.360. The van der Waals surface area contributed by atoms with Gasteiger partial charge in [0.05, 0.1) is 13.2 Å². The van der Waals surface area contributed by atoms with Crippen LogP contribution in [-0.4, -0.2) is 40.5 Å². The first kappa shape index (κ1) is 18.9. The number of terminal acetylenes is 1. The largest absolute Gasteiger partial charge is 0.326 e. The molecule has 5 nitrogen and oxygen atoms in total. The van der Waals surface area contributed by atoms with E-state index in [0.717, 1.165) is 24.8 Å². The van der Waals surface area contributed by atoms with Crippen LogP contribution in [0.5, 0.6) is 0 Å². The summed E-state index contributed by atoms with van der Waals surface area (Å²) in [5.41, 5.74) is 4.15. The summed E-state index contributed by atoms with van der Waals surface area (Å²) < 4.78 is 0. The topological polar surface area (TPSA) is 52.6 Å². The maximum Gasteiger partial charge on any atom is 0.326 e. The number of imide groups is 1. The number of fused-ring (bicyclic) bond motifs is 2. The summed E-state index contributed by atoms with van der Waals surface area (Å²) in [7, 11) is 0. The van der Waals surface area contributed by atoms with Crippen molar-refractivity contribution >= 4 is 11.9 Å². The van der Waals surface area contributed by atoms with E-state index in [4.69, 9.17) is 6.42 Å². The van der Waals surface area contributed by atoms with Gasteiger partial charge in [0.15, 0.2) is 0 Å². The lowest BCUT2D eigenvalue weighted by atomic mass is 9.78. The lowest BCUT2D eigenvalue weighted by Crippen LogP contribution is -2.51. The van der Waals surface area contributed by atoms with Gasteiger partial charge in [0.2, 0.25) is 0 Å². The summed E-state index contributed by atoms with van der Waals surface area (Å²) in [4.78, 5) is 29.8. The highest BCUT2D eigenvalue weighted by molar-refractivity contribution is 6.07. The van der Waals surface area contributed by atoms with Crippen LogP contribution < -0.4 is 5.32 Å². The number of rotatable bonds is 4. The Morgan fingerprint density at radius 1 is 1.07 bits per heavy atom. The van der Waals surface area contributed by atoms with E-state index in [1.807, 2.05) is 18.2 Å². The number of amides is 3. The smallest absolute Gasteiger partial charge is 0.323 e. The summed E-state index contributed by atoms with van der Waals surface area (Å²) in [6, 6.07) is 16.3. The number of hydrogen-bond acceptors (Lipinski definition) is 3. The summed E-state index contributed by atoms with van der Waals surface area (Å²) in [5, 5.41) is 3.03. The molecule has 2 unspecified atom stereocenters. The second kappa shape index (κ2) is 7.30. The van der Waals surface area contributed by atoms with Crippen LogP contribution in [0.1, 0.15) is 41.1 Å². The number of carbonyl (C=O) groups is 2. The third kappa shape index (κ3) is 3.00. The maximum atomic E-state index is 13.5. The lowest BCUT2D eigenvalue weighted by Gasteiger charge is -2.33. The Bertz CT molecular complexity index is 1060. The number of aryl methyl sites for hydroxylation is 2. The van der Waals surface area contributed by atoms with Gasteiger partial charge in [0.1, 0.15) is 5.54 Å². The average Bonchev–Trinajstić information content (AvgIpc) is 3.28. The van der Waals surface area contributed by atoms with Crippen LogP contribution in [0, 0.1) is 12.3 Å². The Hall–Kier alpha value is -3.10. The Labute approximate surface area is 177 Å². The Balaban J connectivity index is 1.39. The van der Waals surface area contributed by atoms with E-state index >= 15 is 0 Å². The van der Waals surface area contributed by atoms with Crippen molar-refractivity contribution < 1.29 is 9.59 Å². The molecule has 5 rings (SSSR count). The molecule has 2 aromatic rings. The molecule has 152 valence electrons. The number of urea groups is 1. The highest BCUT2D eigenvalue weighted by Gasteiger charge is 2.52. The van der Waals surface area contributed by atoms with Gasteiger partial charge in [0.25, 0.3) is 5.91 Å². The van der Waals surface area contributed by atoms with Crippen LogP contribution in [0.25, 0.3) is 0 Å². The molecular weight excluding hydrogens is 374 g/mol. The van der Waals surface area contributed by atoms with Gasteiger partial charge < -0.3 is 5.32 Å². The van der Waals surface area contributed by atoms with E-state index in [2.05, 4.69) is 46.5 Å². The van der Waals surface area contributed by atoms with Crippen molar-refractivity contribution in [2.45, 2.75) is 43.7 Å². The fourth-order valence-corrected chi connectivity index (χ4v) is 5.30. The molecule has 1 fully saturated rings. The maximum absolute atomic E-state index is 13.5. The molecule has 2 aromatic carbocycles. The zero-order chi connectivity index (χ0) is 20.7. The van der Waals surface area contributed by atoms with E-state index in [1.54, 1.807) is 0 Å². The Kier molecular flexibility index (Phi) is 4.60. The molecule has 30 heavy (non-hydrogen) atoms. The van der Waals surface area contributed by atoms with E-state index in [0.29, 0.717) is 19.4 Å². The standard InChI is InChI=1S/C25H25N3O2/c1-2-15-27(22-12-11-19-8-5-6-10-21(19)22)17-28-23(29)25(26-24(28)30)14-13-18-7-3-4-9-20(18)16-25/h1,3-10,22H,11-17H2,(H,26,30).